The van der Waals surface area contributed by atoms with Crippen LogP contribution >= 0.6 is 0 Å². The molecule has 1 aromatic rings. The van der Waals surface area contributed by atoms with Crippen LogP contribution in [-0.2, 0) is 11.2 Å². The normalized spacial score (nSPS) is 17.6. The second-order valence-corrected chi connectivity index (χ2v) is 5.62. The van der Waals surface area contributed by atoms with Crippen molar-refractivity contribution in [3.05, 3.63) is 60.5 Å². The maximum absolute atomic E-state index is 13.5. The summed E-state index contributed by atoms with van der Waals surface area (Å²) in [5.74, 6) is -0.176. The third-order valence-corrected chi connectivity index (χ3v) is 4.16. The van der Waals surface area contributed by atoms with E-state index in [0.29, 0.717) is 19.6 Å². The van der Waals surface area contributed by atoms with E-state index in [4.69, 9.17) is 0 Å². The summed E-state index contributed by atoms with van der Waals surface area (Å²) < 4.78 is 13.5. The molecule has 0 saturated heterocycles. The Balaban J connectivity index is 2.09. The van der Waals surface area contributed by atoms with Gasteiger partial charge in [0.05, 0.1) is 6.54 Å². The summed E-state index contributed by atoms with van der Waals surface area (Å²) >= 11 is 0. The van der Waals surface area contributed by atoms with Crippen molar-refractivity contribution in [2.45, 2.75) is 19.4 Å². The lowest BCUT2D eigenvalue weighted by Crippen LogP contribution is -2.43. The molecule has 1 heterocycles. The highest BCUT2D eigenvalue weighted by atomic mass is 19.1. The van der Waals surface area contributed by atoms with Crippen molar-refractivity contribution in [3.8, 4) is 0 Å². The Morgan fingerprint density at radius 3 is 2.73 bits per heavy atom. The molecule has 0 fully saturated rings. The average molecular weight is 302 g/mol. The molecule has 1 atom stereocenters. The van der Waals surface area contributed by atoms with E-state index in [-0.39, 0.29) is 17.8 Å². The van der Waals surface area contributed by atoms with Crippen LogP contribution in [0.25, 0.3) is 0 Å². The van der Waals surface area contributed by atoms with Crippen molar-refractivity contribution in [1.29, 1.82) is 0 Å². The highest BCUT2D eigenvalue weighted by molar-refractivity contribution is 5.78. The van der Waals surface area contributed by atoms with Gasteiger partial charge in [-0.15, -0.1) is 13.2 Å². The van der Waals surface area contributed by atoms with Crippen LogP contribution in [0.2, 0.25) is 0 Å². The molecule has 0 saturated carbocycles. The zero-order valence-electron chi connectivity index (χ0n) is 13.1. The first-order chi connectivity index (χ1) is 10.6. The number of hydrogen-bond acceptors (Lipinski definition) is 2. The van der Waals surface area contributed by atoms with E-state index < -0.39 is 0 Å². The molecule has 22 heavy (non-hydrogen) atoms. The van der Waals surface area contributed by atoms with Crippen LogP contribution in [0.15, 0.2) is 43.5 Å². The Morgan fingerprint density at radius 1 is 1.41 bits per heavy atom. The number of fused-ring (bicyclic) bond motifs is 1. The molecule has 0 radical (unpaired) electrons. The summed E-state index contributed by atoms with van der Waals surface area (Å²) in [6.45, 7) is 11.6. The molecule has 1 unspecified atom stereocenters. The molecule has 4 heteroatoms. The predicted octanol–water partition coefficient (Wildman–Crippen LogP) is 2.95. The number of halogens is 1. The second kappa shape index (κ2) is 7.36. The van der Waals surface area contributed by atoms with Crippen LogP contribution in [0.1, 0.15) is 24.1 Å². The standard InChI is InChI=1S/C18H23FN2O/c1-4-9-20(10-5-2)18(22)13-21-11-8-15-6-7-16(19)12-17(15)14(21)3/h4-7,12,14H,1-2,8-11,13H2,3H3. The van der Waals surface area contributed by atoms with Crippen LogP contribution < -0.4 is 0 Å². The van der Waals surface area contributed by atoms with Gasteiger partial charge in [0.15, 0.2) is 0 Å². The summed E-state index contributed by atoms with van der Waals surface area (Å²) in [6, 6.07) is 4.98. The fourth-order valence-electron chi connectivity index (χ4n) is 2.92. The molecule has 0 bridgehead atoms. The maximum Gasteiger partial charge on any atom is 0.237 e. The Morgan fingerprint density at radius 2 is 2.09 bits per heavy atom. The molecule has 0 aromatic heterocycles. The lowest BCUT2D eigenvalue weighted by molar-refractivity contribution is -0.132. The van der Waals surface area contributed by atoms with Gasteiger partial charge in [-0.25, -0.2) is 4.39 Å². The van der Waals surface area contributed by atoms with Crippen LogP contribution in [0, 0.1) is 5.82 Å². The average Bonchev–Trinajstić information content (AvgIpc) is 2.50. The number of hydrogen-bond donors (Lipinski definition) is 0. The van der Waals surface area contributed by atoms with Gasteiger partial charge in [-0.2, -0.15) is 0 Å². The van der Waals surface area contributed by atoms with Crippen molar-refractivity contribution < 1.29 is 9.18 Å². The molecule has 0 spiro atoms. The highest BCUT2D eigenvalue weighted by Gasteiger charge is 2.26. The van der Waals surface area contributed by atoms with Gasteiger partial charge in [0, 0.05) is 25.7 Å². The number of carbonyl (C=O) groups is 1. The molecule has 0 N–H and O–H groups in total. The quantitative estimate of drug-likeness (QED) is 0.754. The van der Waals surface area contributed by atoms with E-state index >= 15 is 0 Å². The molecule has 0 aliphatic carbocycles. The number of amides is 1. The fraction of sp³-hybridized carbons (Fsp3) is 0.389. The van der Waals surface area contributed by atoms with Crippen molar-refractivity contribution in [2.75, 3.05) is 26.2 Å². The molecule has 3 nitrogen and oxygen atoms in total. The van der Waals surface area contributed by atoms with Crippen molar-refractivity contribution >= 4 is 5.91 Å². The van der Waals surface area contributed by atoms with Gasteiger partial charge in [0.1, 0.15) is 5.82 Å². The lowest BCUT2D eigenvalue weighted by Gasteiger charge is -2.35. The number of benzene rings is 1. The number of rotatable bonds is 6. The Bertz CT molecular complexity index is 560. The van der Waals surface area contributed by atoms with Crippen LogP contribution in [0.5, 0.6) is 0 Å². The molecule has 118 valence electrons. The summed E-state index contributed by atoms with van der Waals surface area (Å²) in [7, 11) is 0. The third kappa shape index (κ3) is 3.63. The molecular formula is C18H23FN2O. The van der Waals surface area contributed by atoms with E-state index in [1.165, 1.54) is 11.6 Å². The molecule has 2 rings (SSSR count). The van der Waals surface area contributed by atoms with Gasteiger partial charge in [-0.3, -0.25) is 9.69 Å². The number of carbonyl (C=O) groups excluding carboxylic acids is 1. The molecule has 1 amide bonds. The van der Waals surface area contributed by atoms with Crippen LogP contribution in [0.4, 0.5) is 4.39 Å². The minimum atomic E-state index is -0.223. The molecule has 1 aliphatic rings. The fourth-order valence-corrected chi connectivity index (χ4v) is 2.92. The maximum atomic E-state index is 13.5. The first-order valence-corrected chi connectivity index (χ1v) is 7.58. The SMILES string of the molecule is C=CCN(CC=C)C(=O)CN1CCc2ccc(F)cc2C1C. The smallest absolute Gasteiger partial charge is 0.237 e. The minimum Gasteiger partial charge on any atom is -0.334 e. The Kier molecular flexibility index (Phi) is 5.50. The van der Waals surface area contributed by atoms with Gasteiger partial charge >= 0.3 is 0 Å². The van der Waals surface area contributed by atoms with Crippen molar-refractivity contribution in [1.82, 2.24) is 9.80 Å². The van der Waals surface area contributed by atoms with Crippen LogP contribution in [-0.4, -0.2) is 41.9 Å². The molecular weight excluding hydrogens is 279 g/mol. The monoisotopic (exact) mass is 302 g/mol. The summed E-state index contributed by atoms with van der Waals surface area (Å²) in [6.07, 6.45) is 4.27. The van der Waals surface area contributed by atoms with E-state index in [1.54, 1.807) is 23.1 Å². The van der Waals surface area contributed by atoms with Gasteiger partial charge in [0.25, 0.3) is 0 Å². The first kappa shape index (κ1) is 16.4. The van der Waals surface area contributed by atoms with Gasteiger partial charge in [-0.05, 0) is 36.6 Å². The van der Waals surface area contributed by atoms with Gasteiger partial charge < -0.3 is 4.90 Å². The largest absolute Gasteiger partial charge is 0.334 e. The molecule has 1 aromatic carbocycles. The molecule has 1 aliphatic heterocycles. The third-order valence-electron chi connectivity index (χ3n) is 4.16. The van der Waals surface area contributed by atoms with Gasteiger partial charge in [0.2, 0.25) is 5.91 Å². The van der Waals surface area contributed by atoms with Crippen molar-refractivity contribution in [2.24, 2.45) is 0 Å². The van der Waals surface area contributed by atoms with Gasteiger partial charge in [-0.1, -0.05) is 18.2 Å². The summed E-state index contributed by atoms with van der Waals surface area (Å²) in [4.78, 5) is 16.2. The topological polar surface area (TPSA) is 23.6 Å². The van der Waals surface area contributed by atoms with E-state index in [2.05, 4.69) is 18.1 Å². The van der Waals surface area contributed by atoms with E-state index in [0.717, 1.165) is 18.5 Å². The summed E-state index contributed by atoms with van der Waals surface area (Å²) in [5, 5.41) is 0. The highest BCUT2D eigenvalue weighted by Crippen LogP contribution is 2.29. The second-order valence-electron chi connectivity index (χ2n) is 5.62. The number of nitrogens with zero attached hydrogens (tertiary/aromatic N) is 2. The predicted molar refractivity (Wildman–Crippen MR) is 87.1 cm³/mol. The van der Waals surface area contributed by atoms with Crippen LogP contribution in [0.3, 0.4) is 0 Å². The zero-order chi connectivity index (χ0) is 16.1. The Hall–Kier alpha value is -1.94. The van der Waals surface area contributed by atoms with Crippen molar-refractivity contribution in [3.63, 3.8) is 0 Å². The van der Waals surface area contributed by atoms with E-state index in [1.807, 2.05) is 13.0 Å². The Labute approximate surface area is 131 Å². The van der Waals surface area contributed by atoms with E-state index in [9.17, 15) is 9.18 Å². The summed E-state index contributed by atoms with van der Waals surface area (Å²) in [5.41, 5.74) is 2.16. The zero-order valence-corrected chi connectivity index (χ0v) is 13.1. The lowest BCUT2D eigenvalue weighted by atomic mass is 9.93. The minimum absolute atomic E-state index is 0.0395. The first-order valence-electron chi connectivity index (χ1n) is 7.58.